The van der Waals surface area contributed by atoms with Crippen molar-refractivity contribution in [3.8, 4) is 33.8 Å². The average Bonchev–Trinajstić information content (AvgIpc) is 2.78. The molecule has 0 aliphatic carbocycles. The highest BCUT2D eigenvalue weighted by Crippen LogP contribution is 2.34. The van der Waals surface area contributed by atoms with Crippen LogP contribution in [0.5, 0.6) is 11.5 Å². The molecule has 5 heteroatoms. The molecular formula is C26H25NO4. The summed E-state index contributed by atoms with van der Waals surface area (Å²) in [6.45, 7) is 1.44. The van der Waals surface area contributed by atoms with Crippen molar-refractivity contribution in [2.24, 2.45) is 0 Å². The number of benzene rings is 3. The fraction of sp³-hybridized carbons (Fsp3) is 0.192. The van der Waals surface area contributed by atoms with Gasteiger partial charge in [-0.1, -0.05) is 42.5 Å². The number of ether oxygens (including phenoxy) is 2. The first kappa shape index (κ1) is 20.7. The van der Waals surface area contributed by atoms with Crippen molar-refractivity contribution in [3.05, 3.63) is 83.2 Å². The predicted molar refractivity (Wildman–Crippen MR) is 124 cm³/mol. The van der Waals surface area contributed by atoms with Gasteiger partial charge in [-0.15, -0.1) is 0 Å². The summed E-state index contributed by atoms with van der Waals surface area (Å²) in [4.78, 5) is 14.8. The van der Waals surface area contributed by atoms with Crippen LogP contribution in [0.15, 0.2) is 82.0 Å². The number of hydrogen-bond acceptors (Lipinski definition) is 5. The molecule has 0 fully saturated rings. The summed E-state index contributed by atoms with van der Waals surface area (Å²) in [6, 6.07) is 23.1. The quantitative estimate of drug-likeness (QED) is 0.394. The average molecular weight is 415 g/mol. The van der Waals surface area contributed by atoms with E-state index >= 15 is 0 Å². The van der Waals surface area contributed by atoms with Crippen molar-refractivity contribution >= 4 is 11.0 Å². The van der Waals surface area contributed by atoms with Crippen LogP contribution in [0.2, 0.25) is 0 Å². The highest BCUT2D eigenvalue weighted by molar-refractivity contribution is 5.96. The van der Waals surface area contributed by atoms with E-state index in [0.29, 0.717) is 23.5 Å². The maximum Gasteiger partial charge on any atom is 0.344 e. The van der Waals surface area contributed by atoms with Gasteiger partial charge < -0.3 is 18.8 Å². The zero-order valence-corrected chi connectivity index (χ0v) is 17.9. The molecule has 0 spiro atoms. The van der Waals surface area contributed by atoms with Crippen molar-refractivity contribution in [2.75, 3.05) is 34.4 Å². The van der Waals surface area contributed by atoms with Gasteiger partial charge in [-0.3, -0.25) is 0 Å². The Morgan fingerprint density at radius 1 is 0.839 bits per heavy atom. The van der Waals surface area contributed by atoms with Crippen molar-refractivity contribution in [1.82, 2.24) is 4.90 Å². The van der Waals surface area contributed by atoms with E-state index in [9.17, 15) is 4.79 Å². The minimum absolute atomic E-state index is 0.388. The van der Waals surface area contributed by atoms with Gasteiger partial charge in [0.15, 0.2) is 0 Å². The van der Waals surface area contributed by atoms with E-state index in [1.807, 2.05) is 80.8 Å². The molecule has 0 atom stereocenters. The van der Waals surface area contributed by atoms with Crippen molar-refractivity contribution in [2.45, 2.75) is 0 Å². The van der Waals surface area contributed by atoms with E-state index in [1.165, 1.54) is 0 Å². The molecule has 4 rings (SSSR count). The first-order valence-corrected chi connectivity index (χ1v) is 10.1. The molecule has 0 saturated carbocycles. The first-order chi connectivity index (χ1) is 15.0. The normalized spacial score (nSPS) is 11.1. The zero-order chi connectivity index (χ0) is 21.8. The summed E-state index contributed by atoms with van der Waals surface area (Å²) < 4.78 is 16.9. The maximum absolute atomic E-state index is 12.8. The molecule has 4 aromatic rings. The number of fused-ring (bicyclic) bond motifs is 1. The Labute approximate surface area is 181 Å². The van der Waals surface area contributed by atoms with Crippen molar-refractivity contribution in [1.29, 1.82) is 0 Å². The number of hydrogen-bond donors (Lipinski definition) is 0. The summed E-state index contributed by atoms with van der Waals surface area (Å²) in [5.41, 5.74) is 3.37. The van der Waals surface area contributed by atoms with Crippen molar-refractivity contribution < 1.29 is 13.9 Å². The predicted octanol–water partition coefficient (Wildman–Crippen LogP) is 5.08. The molecule has 3 aromatic carbocycles. The first-order valence-electron chi connectivity index (χ1n) is 10.1. The van der Waals surface area contributed by atoms with Gasteiger partial charge in [0.25, 0.3) is 0 Å². The van der Waals surface area contributed by atoms with Crippen LogP contribution in [0, 0.1) is 0 Å². The minimum atomic E-state index is -0.388. The third-order valence-corrected chi connectivity index (χ3v) is 5.12. The molecule has 1 aromatic heterocycles. The second-order valence-corrected chi connectivity index (χ2v) is 7.58. The second-order valence-electron chi connectivity index (χ2n) is 7.58. The van der Waals surface area contributed by atoms with Gasteiger partial charge in [0, 0.05) is 18.0 Å². The summed E-state index contributed by atoms with van der Waals surface area (Å²) in [5, 5.41) is 0.855. The van der Waals surface area contributed by atoms with Gasteiger partial charge in [0.05, 0.1) is 12.7 Å². The van der Waals surface area contributed by atoms with E-state index in [-0.39, 0.29) is 5.63 Å². The number of rotatable bonds is 7. The van der Waals surface area contributed by atoms with Gasteiger partial charge in [-0.05, 0) is 55.1 Å². The molecule has 0 amide bonds. The highest BCUT2D eigenvalue weighted by atomic mass is 16.5. The van der Waals surface area contributed by atoms with E-state index in [2.05, 4.69) is 4.90 Å². The SMILES string of the molecule is COc1cc(-c2ccccc2)c2cc(-c3ccc(OCCN(C)C)cc3)c(=O)oc2c1. The molecule has 31 heavy (non-hydrogen) atoms. The molecular weight excluding hydrogens is 390 g/mol. The number of nitrogens with zero attached hydrogens (tertiary/aromatic N) is 1. The Morgan fingerprint density at radius 2 is 1.55 bits per heavy atom. The monoisotopic (exact) mass is 415 g/mol. The lowest BCUT2D eigenvalue weighted by Gasteiger charge is -2.12. The molecule has 0 aliphatic heterocycles. The Hall–Kier alpha value is -3.57. The summed E-state index contributed by atoms with van der Waals surface area (Å²) in [7, 11) is 5.61. The van der Waals surface area contributed by atoms with Crippen LogP contribution < -0.4 is 15.1 Å². The van der Waals surface area contributed by atoms with Crippen LogP contribution in [0.1, 0.15) is 0 Å². The van der Waals surface area contributed by atoms with Crippen LogP contribution in [0.25, 0.3) is 33.2 Å². The van der Waals surface area contributed by atoms with Gasteiger partial charge in [-0.2, -0.15) is 0 Å². The van der Waals surface area contributed by atoms with E-state index < -0.39 is 0 Å². The molecule has 0 unspecified atom stereocenters. The fourth-order valence-corrected chi connectivity index (χ4v) is 3.45. The maximum atomic E-state index is 12.8. The van der Waals surface area contributed by atoms with E-state index in [1.54, 1.807) is 13.2 Å². The fourth-order valence-electron chi connectivity index (χ4n) is 3.45. The summed E-state index contributed by atoms with van der Waals surface area (Å²) >= 11 is 0. The Balaban J connectivity index is 1.75. The largest absolute Gasteiger partial charge is 0.497 e. The van der Waals surface area contributed by atoms with Gasteiger partial charge in [-0.25, -0.2) is 4.79 Å². The summed E-state index contributed by atoms with van der Waals surface area (Å²) in [6.07, 6.45) is 0. The molecule has 158 valence electrons. The Morgan fingerprint density at radius 3 is 2.23 bits per heavy atom. The number of likely N-dealkylation sites (N-methyl/N-ethyl adjacent to an activating group) is 1. The van der Waals surface area contributed by atoms with Gasteiger partial charge in [0.2, 0.25) is 0 Å². The van der Waals surface area contributed by atoms with E-state index in [4.69, 9.17) is 13.9 Å². The van der Waals surface area contributed by atoms with Crippen LogP contribution in [-0.4, -0.2) is 39.3 Å². The molecule has 5 nitrogen and oxygen atoms in total. The van der Waals surface area contributed by atoms with Gasteiger partial charge >= 0.3 is 5.63 Å². The minimum Gasteiger partial charge on any atom is -0.497 e. The lowest BCUT2D eigenvalue weighted by Crippen LogP contribution is -2.19. The van der Waals surface area contributed by atoms with Crippen LogP contribution in [0.3, 0.4) is 0 Å². The Bertz CT molecular complexity index is 1230. The topological polar surface area (TPSA) is 51.9 Å². The molecule has 0 bridgehead atoms. The molecule has 0 aliphatic rings. The standard InChI is InChI=1S/C26H25NO4/c1-27(2)13-14-30-20-11-9-19(10-12-20)23-17-24-22(18-7-5-4-6-8-18)15-21(29-3)16-25(24)31-26(23)28/h4-12,15-17H,13-14H2,1-3H3. The van der Waals surface area contributed by atoms with Gasteiger partial charge in [0.1, 0.15) is 23.7 Å². The van der Waals surface area contributed by atoms with Crippen LogP contribution in [-0.2, 0) is 0 Å². The lowest BCUT2D eigenvalue weighted by molar-refractivity contribution is 0.261. The summed E-state index contributed by atoms with van der Waals surface area (Å²) in [5.74, 6) is 1.41. The Kier molecular flexibility index (Phi) is 6.05. The lowest BCUT2D eigenvalue weighted by atomic mass is 9.98. The van der Waals surface area contributed by atoms with Crippen LogP contribution in [0.4, 0.5) is 0 Å². The van der Waals surface area contributed by atoms with Crippen molar-refractivity contribution in [3.63, 3.8) is 0 Å². The zero-order valence-electron chi connectivity index (χ0n) is 17.9. The molecule has 0 radical (unpaired) electrons. The molecule has 0 saturated heterocycles. The smallest absolute Gasteiger partial charge is 0.344 e. The van der Waals surface area contributed by atoms with Crippen LogP contribution >= 0.6 is 0 Å². The second kappa shape index (κ2) is 9.06. The van der Waals surface area contributed by atoms with E-state index in [0.717, 1.165) is 34.4 Å². The number of methoxy groups -OCH3 is 1. The third-order valence-electron chi connectivity index (χ3n) is 5.12. The highest BCUT2D eigenvalue weighted by Gasteiger charge is 2.14. The third kappa shape index (κ3) is 4.62. The molecule has 0 N–H and O–H groups in total. The molecule has 1 heterocycles.